The van der Waals surface area contributed by atoms with Gasteiger partial charge in [0.25, 0.3) is 0 Å². The summed E-state index contributed by atoms with van der Waals surface area (Å²) in [4.78, 5) is 10.8. The molecule has 1 amide bonds. The molecule has 3 heteroatoms. The van der Waals surface area contributed by atoms with Gasteiger partial charge in [0.1, 0.15) is 0 Å². The van der Waals surface area contributed by atoms with E-state index in [4.69, 9.17) is 5.41 Å². The van der Waals surface area contributed by atoms with Gasteiger partial charge in [-0.05, 0) is 12.8 Å². The zero-order valence-electron chi connectivity index (χ0n) is 7.47. The van der Waals surface area contributed by atoms with E-state index >= 15 is 0 Å². The second kappa shape index (κ2) is 4.24. The highest BCUT2D eigenvalue weighted by molar-refractivity contribution is 5.74. The van der Waals surface area contributed by atoms with E-state index in [-0.39, 0.29) is 17.9 Å². The third-order valence-electron chi connectivity index (χ3n) is 2.42. The molecule has 1 aliphatic carbocycles. The van der Waals surface area contributed by atoms with Gasteiger partial charge in [-0.2, -0.15) is 0 Å². The van der Waals surface area contributed by atoms with Gasteiger partial charge in [-0.1, -0.05) is 12.8 Å². The largest absolute Gasteiger partial charge is 0.353 e. The molecular weight excluding hydrogens is 152 g/mol. The fourth-order valence-corrected chi connectivity index (χ4v) is 1.80. The average Bonchev–Trinajstić information content (AvgIpc) is 2.04. The number of rotatable bonds is 2. The molecule has 1 rings (SSSR count). The topological polar surface area (TPSA) is 53.0 Å². The Kier molecular flexibility index (Phi) is 3.26. The van der Waals surface area contributed by atoms with E-state index in [1.807, 2.05) is 0 Å². The molecule has 0 aromatic rings. The zero-order chi connectivity index (χ0) is 8.97. The maximum Gasteiger partial charge on any atom is 0.217 e. The fraction of sp³-hybridized carbons (Fsp3) is 0.778. The monoisotopic (exact) mass is 168 g/mol. The van der Waals surface area contributed by atoms with Crippen LogP contribution in [0.5, 0.6) is 0 Å². The van der Waals surface area contributed by atoms with Crippen LogP contribution in [0.25, 0.3) is 0 Å². The minimum atomic E-state index is 0.0220. The Bertz CT molecular complexity index is 179. The predicted molar refractivity (Wildman–Crippen MR) is 48.3 cm³/mol. The van der Waals surface area contributed by atoms with E-state index in [9.17, 15) is 4.79 Å². The highest BCUT2D eigenvalue weighted by Gasteiger charge is 2.23. The highest BCUT2D eigenvalue weighted by atomic mass is 16.1. The van der Waals surface area contributed by atoms with Crippen molar-refractivity contribution in [2.24, 2.45) is 5.92 Å². The van der Waals surface area contributed by atoms with Crippen molar-refractivity contribution in [3.8, 4) is 0 Å². The van der Waals surface area contributed by atoms with Crippen molar-refractivity contribution < 1.29 is 4.79 Å². The molecule has 0 aromatic carbocycles. The van der Waals surface area contributed by atoms with Gasteiger partial charge in [0.05, 0.1) is 0 Å². The standard InChI is InChI=1S/C9H16N2O/c1-7(12)11-9-5-3-2-4-8(9)6-10/h6,8-10H,2-5H2,1H3,(H,11,12). The summed E-state index contributed by atoms with van der Waals surface area (Å²) in [5.74, 6) is 0.288. The Morgan fingerprint density at radius 2 is 2.17 bits per heavy atom. The molecule has 1 fully saturated rings. The molecule has 68 valence electrons. The second-order valence-corrected chi connectivity index (χ2v) is 3.42. The molecule has 0 radical (unpaired) electrons. The molecule has 1 saturated carbocycles. The van der Waals surface area contributed by atoms with Crippen LogP contribution in [0.1, 0.15) is 32.6 Å². The molecule has 2 atom stereocenters. The lowest BCUT2D eigenvalue weighted by Crippen LogP contribution is -2.41. The van der Waals surface area contributed by atoms with Crippen LogP contribution in [0.4, 0.5) is 0 Å². The number of nitrogens with one attached hydrogen (secondary N) is 2. The Labute approximate surface area is 73.0 Å². The number of hydrogen-bond acceptors (Lipinski definition) is 2. The van der Waals surface area contributed by atoms with Gasteiger partial charge in [0.2, 0.25) is 5.91 Å². The van der Waals surface area contributed by atoms with Crippen LogP contribution in [0, 0.1) is 11.3 Å². The van der Waals surface area contributed by atoms with Crippen molar-refractivity contribution in [3.05, 3.63) is 0 Å². The maximum atomic E-state index is 10.8. The third-order valence-corrected chi connectivity index (χ3v) is 2.42. The van der Waals surface area contributed by atoms with Gasteiger partial charge >= 0.3 is 0 Å². The van der Waals surface area contributed by atoms with E-state index in [0.29, 0.717) is 0 Å². The van der Waals surface area contributed by atoms with Crippen molar-refractivity contribution in [3.63, 3.8) is 0 Å². The van der Waals surface area contributed by atoms with Crippen molar-refractivity contribution in [2.75, 3.05) is 0 Å². The minimum Gasteiger partial charge on any atom is -0.353 e. The lowest BCUT2D eigenvalue weighted by atomic mass is 9.85. The van der Waals surface area contributed by atoms with Crippen LogP contribution < -0.4 is 5.32 Å². The number of amides is 1. The van der Waals surface area contributed by atoms with Crippen molar-refractivity contribution in [1.29, 1.82) is 5.41 Å². The smallest absolute Gasteiger partial charge is 0.217 e. The first kappa shape index (κ1) is 9.23. The zero-order valence-corrected chi connectivity index (χ0v) is 7.47. The van der Waals surface area contributed by atoms with E-state index in [2.05, 4.69) is 5.32 Å². The van der Waals surface area contributed by atoms with E-state index in [1.54, 1.807) is 0 Å². The molecule has 2 N–H and O–H groups in total. The summed E-state index contributed by atoms with van der Waals surface area (Å²) in [5, 5.41) is 10.1. The van der Waals surface area contributed by atoms with Crippen LogP contribution in [0.2, 0.25) is 0 Å². The normalized spacial score (nSPS) is 29.4. The Morgan fingerprint density at radius 3 is 2.75 bits per heavy atom. The van der Waals surface area contributed by atoms with Gasteiger partial charge in [0, 0.05) is 25.1 Å². The molecule has 0 heterocycles. The van der Waals surface area contributed by atoms with Crippen LogP contribution in [-0.4, -0.2) is 18.2 Å². The van der Waals surface area contributed by atoms with Crippen LogP contribution in [0.15, 0.2) is 0 Å². The maximum absolute atomic E-state index is 10.8. The summed E-state index contributed by atoms with van der Waals surface area (Å²) in [5.41, 5.74) is 0. The first-order chi connectivity index (χ1) is 5.74. The molecule has 2 unspecified atom stereocenters. The minimum absolute atomic E-state index is 0.0220. The lowest BCUT2D eigenvalue weighted by molar-refractivity contribution is -0.120. The average molecular weight is 168 g/mol. The fourth-order valence-electron chi connectivity index (χ4n) is 1.80. The molecule has 12 heavy (non-hydrogen) atoms. The highest BCUT2D eigenvalue weighted by Crippen LogP contribution is 2.22. The van der Waals surface area contributed by atoms with Crippen LogP contribution in [-0.2, 0) is 4.79 Å². The molecular formula is C9H16N2O. The molecule has 0 saturated heterocycles. The Morgan fingerprint density at radius 1 is 1.50 bits per heavy atom. The van der Waals surface area contributed by atoms with Gasteiger partial charge in [-0.3, -0.25) is 4.79 Å². The molecule has 0 spiro atoms. The molecule has 0 aromatic heterocycles. The first-order valence-electron chi connectivity index (χ1n) is 4.51. The van der Waals surface area contributed by atoms with Crippen molar-refractivity contribution in [1.82, 2.24) is 5.32 Å². The third kappa shape index (κ3) is 2.32. The summed E-state index contributed by atoms with van der Waals surface area (Å²) < 4.78 is 0. The van der Waals surface area contributed by atoms with Gasteiger partial charge in [-0.25, -0.2) is 0 Å². The van der Waals surface area contributed by atoms with Gasteiger partial charge < -0.3 is 10.7 Å². The number of hydrogen-bond donors (Lipinski definition) is 2. The molecule has 3 nitrogen and oxygen atoms in total. The summed E-state index contributed by atoms with van der Waals surface area (Å²) in [6.45, 7) is 1.54. The van der Waals surface area contributed by atoms with E-state index < -0.39 is 0 Å². The first-order valence-corrected chi connectivity index (χ1v) is 4.51. The van der Waals surface area contributed by atoms with Crippen molar-refractivity contribution >= 4 is 12.1 Å². The quantitative estimate of drug-likeness (QED) is 0.600. The van der Waals surface area contributed by atoms with Crippen LogP contribution in [0.3, 0.4) is 0 Å². The summed E-state index contributed by atoms with van der Waals surface area (Å²) in [7, 11) is 0. The summed E-state index contributed by atoms with van der Waals surface area (Å²) in [6, 6.07) is 0.216. The summed E-state index contributed by atoms with van der Waals surface area (Å²) >= 11 is 0. The van der Waals surface area contributed by atoms with Crippen molar-refractivity contribution in [2.45, 2.75) is 38.6 Å². The molecule has 1 aliphatic rings. The Hall–Kier alpha value is -0.860. The number of carbonyl (C=O) groups excluding carboxylic acids is 1. The number of carbonyl (C=O) groups is 1. The second-order valence-electron chi connectivity index (χ2n) is 3.42. The Balaban J connectivity index is 2.46. The predicted octanol–water partition coefficient (Wildman–Crippen LogP) is 1.33. The van der Waals surface area contributed by atoms with E-state index in [1.165, 1.54) is 26.0 Å². The summed E-state index contributed by atoms with van der Waals surface area (Å²) in [6.07, 6.45) is 5.92. The van der Waals surface area contributed by atoms with Gasteiger partial charge in [0.15, 0.2) is 0 Å². The SMILES string of the molecule is CC(=O)NC1CCCCC1C=N. The lowest BCUT2D eigenvalue weighted by Gasteiger charge is -2.28. The van der Waals surface area contributed by atoms with E-state index in [0.717, 1.165) is 12.8 Å². The van der Waals surface area contributed by atoms with Gasteiger partial charge in [-0.15, -0.1) is 0 Å². The molecule has 0 bridgehead atoms. The molecule has 0 aliphatic heterocycles. The van der Waals surface area contributed by atoms with Crippen LogP contribution >= 0.6 is 0 Å².